The van der Waals surface area contributed by atoms with Gasteiger partial charge in [-0.05, 0) is 38.4 Å². The summed E-state index contributed by atoms with van der Waals surface area (Å²) in [4.78, 5) is 2.55. The van der Waals surface area contributed by atoms with E-state index in [0.717, 1.165) is 13.1 Å². The van der Waals surface area contributed by atoms with Crippen molar-refractivity contribution >= 4 is 0 Å². The number of rotatable bonds is 5. The van der Waals surface area contributed by atoms with Crippen LogP contribution >= 0.6 is 0 Å². The summed E-state index contributed by atoms with van der Waals surface area (Å²) in [6.07, 6.45) is 4.07. The van der Waals surface area contributed by atoms with E-state index < -0.39 is 0 Å². The van der Waals surface area contributed by atoms with Gasteiger partial charge in [0.15, 0.2) is 0 Å². The molecule has 0 amide bonds. The largest absolute Gasteiger partial charge is 0.313 e. The first-order valence-electron chi connectivity index (χ1n) is 7.29. The maximum absolute atomic E-state index is 3.64. The Labute approximate surface area is 111 Å². The molecule has 0 aliphatic carbocycles. The Morgan fingerprint density at radius 1 is 1.22 bits per heavy atom. The lowest BCUT2D eigenvalue weighted by molar-refractivity contribution is 0.226. The lowest BCUT2D eigenvalue weighted by atomic mass is 10.0. The van der Waals surface area contributed by atoms with E-state index in [4.69, 9.17) is 0 Å². The average molecular weight is 246 g/mol. The van der Waals surface area contributed by atoms with Gasteiger partial charge in [-0.2, -0.15) is 0 Å². The van der Waals surface area contributed by atoms with E-state index in [1.54, 1.807) is 0 Å². The predicted octanol–water partition coefficient (Wildman–Crippen LogP) is 2.96. The number of hydrogen-bond acceptors (Lipinski definition) is 2. The van der Waals surface area contributed by atoms with Crippen molar-refractivity contribution in [1.82, 2.24) is 10.2 Å². The van der Waals surface area contributed by atoms with Crippen molar-refractivity contribution < 1.29 is 0 Å². The van der Waals surface area contributed by atoms with Gasteiger partial charge in [-0.15, -0.1) is 0 Å². The minimum absolute atomic E-state index is 0.698. The van der Waals surface area contributed by atoms with Crippen LogP contribution in [0.25, 0.3) is 0 Å². The quantitative estimate of drug-likeness (QED) is 0.859. The van der Waals surface area contributed by atoms with Crippen LogP contribution in [0.1, 0.15) is 37.3 Å². The first-order chi connectivity index (χ1) is 8.78. The van der Waals surface area contributed by atoms with Crippen LogP contribution in [0.2, 0.25) is 0 Å². The van der Waals surface area contributed by atoms with Gasteiger partial charge in [0, 0.05) is 19.1 Å². The topological polar surface area (TPSA) is 15.3 Å². The van der Waals surface area contributed by atoms with Crippen molar-refractivity contribution in [2.24, 2.45) is 0 Å². The molecular formula is C16H26N2. The summed E-state index contributed by atoms with van der Waals surface area (Å²) in [5, 5.41) is 3.64. The summed E-state index contributed by atoms with van der Waals surface area (Å²) in [5.74, 6) is 0. The van der Waals surface area contributed by atoms with Crippen molar-refractivity contribution in [2.75, 3.05) is 19.6 Å². The predicted molar refractivity (Wildman–Crippen MR) is 77.8 cm³/mol. The van der Waals surface area contributed by atoms with E-state index >= 15 is 0 Å². The highest BCUT2D eigenvalue weighted by atomic mass is 15.1. The molecule has 1 unspecified atom stereocenters. The number of nitrogens with one attached hydrogen (secondary N) is 1. The van der Waals surface area contributed by atoms with Gasteiger partial charge in [-0.1, -0.05) is 43.2 Å². The van der Waals surface area contributed by atoms with E-state index in [1.807, 2.05) is 0 Å². The first-order valence-corrected chi connectivity index (χ1v) is 7.29. The molecule has 0 saturated carbocycles. The van der Waals surface area contributed by atoms with Crippen LogP contribution in [-0.4, -0.2) is 30.6 Å². The summed E-state index contributed by atoms with van der Waals surface area (Å²) >= 11 is 0. The lowest BCUT2D eigenvalue weighted by Gasteiger charge is -2.30. The number of hydrogen-bond donors (Lipinski definition) is 1. The number of nitrogens with zero attached hydrogens (tertiary/aromatic N) is 1. The van der Waals surface area contributed by atoms with Gasteiger partial charge >= 0.3 is 0 Å². The second-order valence-electron chi connectivity index (χ2n) is 5.46. The van der Waals surface area contributed by atoms with Crippen LogP contribution in [0.3, 0.4) is 0 Å². The molecule has 2 nitrogen and oxygen atoms in total. The fraction of sp³-hybridized carbons (Fsp3) is 0.625. The number of likely N-dealkylation sites (N-methyl/N-ethyl adjacent to an activating group) is 1. The Hall–Kier alpha value is -0.860. The Morgan fingerprint density at radius 3 is 2.61 bits per heavy atom. The van der Waals surface area contributed by atoms with Gasteiger partial charge < -0.3 is 5.32 Å². The molecule has 0 spiro atoms. The minimum Gasteiger partial charge on any atom is -0.313 e. The van der Waals surface area contributed by atoms with Crippen molar-refractivity contribution in [2.45, 2.75) is 45.7 Å². The fourth-order valence-electron chi connectivity index (χ4n) is 2.65. The zero-order chi connectivity index (χ0) is 12.8. The van der Waals surface area contributed by atoms with E-state index in [-0.39, 0.29) is 0 Å². The molecule has 1 saturated heterocycles. The molecule has 2 heteroatoms. The number of benzene rings is 1. The molecule has 0 aromatic heterocycles. The van der Waals surface area contributed by atoms with Crippen molar-refractivity contribution in [3.05, 3.63) is 35.4 Å². The number of piperidine rings is 1. The van der Waals surface area contributed by atoms with Gasteiger partial charge in [0.25, 0.3) is 0 Å². The average Bonchev–Trinajstić information content (AvgIpc) is 2.41. The molecule has 1 aromatic rings. The van der Waals surface area contributed by atoms with Crippen LogP contribution in [0, 0.1) is 6.92 Å². The molecule has 0 bridgehead atoms. The van der Waals surface area contributed by atoms with Crippen LogP contribution in [0.5, 0.6) is 0 Å². The smallest absolute Gasteiger partial charge is 0.0234 e. The van der Waals surface area contributed by atoms with Gasteiger partial charge in [-0.25, -0.2) is 0 Å². The summed E-state index contributed by atoms with van der Waals surface area (Å²) in [6, 6.07) is 9.63. The van der Waals surface area contributed by atoms with E-state index in [1.165, 1.54) is 43.5 Å². The normalized spacial score (nSPS) is 20.3. The molecule has 1 fully saturated rings. The van der Waals surface area contributed by atoms with Gasteiger partial charge in [0.1, 0.15) is 0 Å². The first kappa shape index (κ1) is 13.6. The minimum atomic E-state index is 0.698. The maximum atomic E-state index is 3.64. The second kappa shape index (κ2) is 6.91. The molecular weight excluding hydrogens is 220 g/mol. The molecule has 100 valence electrons. The molecule has 2 rings (SSSR count). The van der Waals surface area contributed by atoms with Gasteiger partial charge in [0.2, 0.25) is 0 Å². The highest BCUT2D eigenvalue weighted by Gasteiger charge is 2.15. The third-order valence-corrected chi connectivity index (χ3v) is 3.86. The second-order valence-corrected chi connectivity index (χ2v) is 5.46. The SMILES string of the molecule is CCN(Cc1ccc(C)cc1)CC1CCCCN1. The highest BCUT2D eigenvalue weighted by Crippen LogP contribution is 2.11. The standard InChI is InChI=1S/C16H26N2/c1-3-18(13-16-6-4-5-11-17-16)12-15-9-7-14(2)8-10-15/h7-10,16-17H,3-6,11-13H2,1-2H3. The van der Waals surface area contributed by atoms with Crippen LogP contribution in [0.15, 0.2) is 24.3 Å². The molecule has 1 aliphatic heterocycles. The van der Waals surface area contributed by atoms with Crippen LogP contribution in [-0.2, 0) is 6.54 Å². The Kier molecular flexibility index (Phi) is 5.21. The zero-order valence-electron chi connectivity index (χ0n) is 11.8. The van der Waals surface area contributed by atoms with E-state index in [2.05, 4.69) is 48.3 Å². The Balaban J connectivity index is 1.86. The fourth-order valence-corrected chi connectivity index (χ4v) is 2.65. The van der Waals surface area contributed by atoms with Crippen molar-refractivity contribution in [1.29, 1.82) is 0 Å². The Bertz CT molecular complexity index is 339. The number of aryl methyl sites for hydroxylation is 1. The van der Waals surface area contributed by atoms with Crippen molar-refractivity contribution in [3.63, 3.8) is 0 Å². The Morgan fingerprint density at radius 2 is 2.00 bits per heavy atom. The molecule has 1 aliphatic rings. The molecule has 1 N–H and O–H groups in total. The summed E-state index contributed by atoms with van der Waals surface area (Å²) in [7, 11) is 0. The maximum Gasteiger partial charge on any atom is 0.0234 e. The third kappa shape index (κ3) is 4.11. The molecule has 0 radical (unpaired) electrons. The van der Waals surface area contributed by atoms with Gasteiger partial charge in [0.05, 0.1) is 0 Å². The zero-order valence-corrected chi connectivity index (χ0v) is 11.8. The lowest BCUT2D eigenvalue weighted by Crippen LogP contribution is -2.43. The highest BCUT2D eigenvalue weighted by molar-refractivity contribution is 5.21. The van der Waals surface area contributed by atoms with E-state index in [9.17, 15) is 0 Å². The van der Waals surface area contributed by atoms with Crippen LogP contribution in [0.4, 0.5) is 0 Å². The summed E-state index contributed by atoms with van der Waals surface area (Å²) in [5.41, 5.74) is 2.77. The molecule has 18 heavy (non-hydrogen) atoms. The third-order valence-electron chi connectivity index (χ3n) is 3.86. The van der Waals surface area contributed by atoms with Crippen LogP contribution < -0.4 is 5.32 Å². The molecule has 1 atom stereocenters. The summed E-state index contributed by atoms with van der Waals surface area (Å²) < 4.78 is 0. The molecule has 1 heterocycles. The summed E-state index contributed by atoms with van der Waals surface area (Å²) in [6.45, 7) is 9.00. The van der Waals surface area contributed by atoms with Gasteiger partial charge in [-0.3, -0.25) is 4.90 Å². The van der Waals surface area contributed by atoms with E-state index in [0.29, 0.717) is 6.04 Å². The molecule has 1 aromatic carbocycles. The van der Waals surface area contributed by atoms with Crippen molar-refractivity contribution in [3.8, 4) is 0 Å². The monoisotopic (exact) mass is 246 g/mol.